The monoisotopic (exact) mass is 312 g/mol. The van der Waals surface area contributed by atoms with Gasteiger partial charge in [-0.2, -0.15) is 0 Å². The number of nitrogens with one attached hydrogen (secondary N) is 3. The maximum absolute atomic E-state index is 11.7. The van der Waals surface area contributed by atoms with E-state index in [1.165, 1.54) is 0 Å². The van der Waals surface area contributed by atoms with Crippen LogP contribution in [0, 0.1) is 0 Å². The van der Waals surface area contributed by atoms with E-state index < -0.39 is 11.9 Å². The van der Waals surface area contributed by atoms with Crippen LogP contribution in [-0.2, 0) is 14.3 Å². The molecule has 0 aliphatic heterocycles. The number of nitrogens with zero attached hydrogens (tertiary/aromatic N) is 1. The quantitative estimate of drug-likeness (QED) is 0.428. The molecule has 0 aliphatic carbocycles. The number of fused-ring (bicyclic) bond motifs is 1. The third-order valence-electron chi connectivity index (χ3n) is 2.37. The van der Waals surface area contributed by atoms with Gasteiger partial charge in [0.2, 0.25) is 5.95 Å². The van der Waals surface area contributed by atoms with E-state index in [9.17, 15) is 14.4 Å². The van der Waals surface area contributed by atoms with Crippen molar-refractivity contribution in [1.82, 2.24) is 15.4 Å². The number of amides is 1. The third-order valence-corrected chi connectivity index (χ3v) is 2.37. The standard InChI is InChI=1S/C12H12N4O4.ClH/c1-2-20-11(19)10(18)15-16-12-13-8-6-4-3-5-7(8)9(17)14-12;/h3-6H,2H2,1H3,(H,15,18)(H2,13,14,16,17);1H. The molecule has 0 bridgehead atoms. The van der Waals surface area contributed by atoms with Gasteiger partial charge in [0, 0.05) is 0 Å². The highest BCUT2D eigenvalue weighted by Crippen LogP contribution is 2.06. The lowest BCUT2D eigenvalue weighted by Crippen LogP contribution is -2.37. The lowest BCUT2D eigenvalue weighted by Gasteiger charge is -2.07. The number of H-pyrrole nitrogens is 1. The van der Waals surface area contributed by atoms with Crippen LogP contribution in [0.5, 0.6) is 0 Å². The van der Waals surface area contributed by atoms with E-state index in [2.05, 4.69) is 25.6 Å². The molecule has 3 N–H and O–H groups in total. The van der Waals surface area contributed by atoms with Crippen LogP contribution in [0.25, 0.3) is 10.9 Å². The molecular weight excluding hydrogens is 300 g/mol. The first-order chi connectivity index (χ1) is 9.61. The Morgan fingerprint density at radius 3 is 2.76 bits per heavy atom. The normalized spacial score (nSPS) is 9.57. The van der Waals surface area contributed by atoms with Crippen LogP contribution in [0.3, 0.4) is 0 Å². The smallest absolute Gasteiger partial charge is 0.398 e. The Morgan fingerprint density at radius 2 is 2.05 bits per heavy atom. The fraction of sp³-hybridized carbons (Fsp3) is 0.167. The number of halogens is 1. The van der Waals surface area contributed by atoms with E-state index in [1.54, 1.807) is 31.2 Å². The summed E-state index contributed by atoms with van der Waals surface area (Å²) >= 11 is 0. The zero-order valence-electron chi connectivity index (χ0n) is 11.0. The molecule has 2 rings (SSSR count). The van der Waals surface area contributed by atoms with E-state index in [0.717, 1.165) is 0 Å². The molecule has 1 aromatic carbocycles. The number of hydrogen-bond donors (Lipinski definition) is 3. The molecule has 8 nitrogen and oxygen atoms in total. The SMILES string of the molecule is CCOC(=O)C(=O)NNc1nc2ccccc2c(=O)[nH]1.Cl. The van der Waals surface area contributed by atoms with E-state index >= 15 is 0 Å². The highest BCUT2D eigenvalue weighted by molar-refractivity contribution is 6.32. The Labute approximate surface area is 125 Å². The van der Waals surface area contributed by atoms with Gasteiger partial charge in [-0.1, -0.05) is 12.1 Å². The number of carbonyl (C=O) groups is 2. The number of anilines is 1. The molecule has 1 aromatic heterocycles. The average Bonchev–Trinajstić information content (AvgIpc) is 2.45. The predicted molar refractivity (Wildman–Crippen MR) is 78.0 cm³/mol. The van der Waals surface area contributed by atoms with Gasteiger partial charge in [-0.05, 0) is 19.1 Å². The predicted octanol–water partition coefficient (Wildman–Crippen LogP) is 0.351. The number of para-hydroxylation sites is 1. The van der Waals surface area contributed by atoms with Crippen molar-refractivity contribution >= 4 is 41.1 Å². The molecule has 0 unspecified atom stereocenters. The number of rotatable bonds is 3. The Bertz CT molecular complexity index is 716. The van der Waals surface area contributed by atoms with Gasteiger partial charge in [-0.15, -0.1) is 12.4 Å². The van der Waals surface area contributed by atoms with Crippen molar-refractivity contribution in [2.24, 2.45) is 0 Å². The molecule has 1 heterocycles. The summed E-state index contributed by atoms with van der Waals surface area (Å²) in [4.78, 5) is 40.6. The van der Waals surface area contributed by atoms with Gasteiger partial charge < -0.3 is 4.74 Å². The Morgan fingerprint density at radius 1 is 1.33 bits per heavy atom. The van der Waals surface area contributed by atoms with Crippen molar-refractivity contribution < 1.29 is 14.3 Å². The molecule has 1 amide bonds. The summed E-state index contributed by atoms with van der Waals surface area (Å²) in [6, 6.07) is 6.73. The lowest BCUT2D eigenvalue weighted by molar-refractivity contribution is -0.154. The summed E-state index contributed by atoms with van der Waals surface area (Å²) in [6.45, 7) is 1.68. The summed E-state index contributed by atoms with van der Waals surface area (Å²) in [7, 11) is 0. The van der Waals surface area contributed by atoms with Gasteiger partial charge in [0.05, 0.1) is 17.5 Å². The van der Waals surface area contributed by atoms with E-state index in [1.807, 2.05) is 0 Å². The first kappa shape index (κ1) is 16.4. The van der Waals surface area contributed by atoms with Gasteiger partial charge >= 0.3 is 11.9 Å². The molecule has 0 saturated heterocycles. The Balaban J connectivity index is 0.00000220. The summed E-state index contributed by atoms with van der Waals surface area (Å²) < 4.78 is 4.50. The minimum absolute atomic E-state index is 0. The average molecular weight is 313 g/mol. The first-order valence-corrected chi connectivity index (χ1v) is 5.84. The van der Waals surface area contributed by atoms with Crippen LogP contribution >= 0.6 is 12.4 Å². The number of aromatic amines is 1. The molecular formula is C12H13ClN4O4. The van der Waals surface area contributed by atoms with Crippen LogP contribution in [0.1, 0.15) is 6.92 Å². The number of ether oxygens (including phenoxy) is 1. The van der Waals surface area contributed by atoms with Crippen LogP contribution in [0.2, 0.25) is 0 Å². The molecule has 0 saturated carbocycles. The second-order valence-corrected chi connectivity index (χ2v) is 3.73. The van der Waals surface area contributed by atoms with E-state index in [0.29, 0.717) is 10.9 Å². The minimum Gasteiger partial charge on any atom is -0.459 e. The van der Waals surface area contributed by atoms with Crippen LogP contribution in [0.4, 0.5) is 5.95 Å². The summed E-state index contributed by atoms with van der Waals surface area (Å²) in [5.41, 5.74) is 4.53. The van der Waals surface area contributed by atoms with Crippen molar-refractivity contribution in [3.05, 3.63) is 34.6 Å². The van der Waals surface area contributed by atoms with Gasteiger partial charge in [0.15, 0.2) is 0 Å². The van der Waals surface area contributed by atoms with Crippen LogP contribution in [0.15, 0.2) is 29.1 Å². The van der Waals surface area contributed by atoms with Crippen molar-refractivity contribution in [3.63, 3.8) is 0 Å². The van der Waals surface area contributed by atoms with Crippen molar-refractivity contribution in [1.29, 1.82) is 0 Å². The fourth-order valence-corrected chi connectivity index (χ4v) is 1.51. The van der Waals surface area contributed by atoms with Crippen molar-refractivity contribution in [2.45, 2.75) is 6.92 Å². The zero-order chi connectivity index (χ0) is 14.5. The number of carbonyl (C=O) groups excluding carboxylic acids is 2. The number of aromatic nitrogens is 2. The molecule has 0 atom stereocenters. The number of esters is 1. The number of hydrazine groups is 1. The molecule has 0 radical (unpaired) electrons. The van der Waals surface area contributed by atoms with Gasteiger partial charge in [0.25, 0.3) is 5.56 Å². The first-order valence-electron chi connectivity index (χ1n) is 5.84. The van der Waals surface area contributed by atoms with Gasteiger partial charge in [-0.3, -0.25) is 25.4 Å². The summed E-state index contributed by atoms with van der Waals surface area (Å²) in [6.07, 6.45) is 0. The Kier molecular flexibility index (Phi) is 5.67. The lowest BCUT2D eigenvalue weighted by atomic mass is 10.2. The largest absolute Gasteiger partial charge is 0.459 e. The second kappa shape index (κ2) is 7.25. The highest BCUT2D eigenvalue weighted by Gasteiger charge is 2.14. The van der Waals surface area contributed by atoms with Gasteiger partial charge in [0.1, 0.15) is 0 Å². The van der Waals surface area contributed by atoms with E-state index in [-0.39, 0.29) is 30.5 Å². The number of benzene rings is 1. The zero-order valence-corrected chi connectivity index (χ0v) is 11.8. The molecule has 0 fully saturated rings. The molecule has 112 valence electrons. The van der Waals surface area contributed by atoms with Crippen molar-refractivity contribution in [3.8, 4) is 0 Å². The molecule has 0 aliphatic rings. The molecule has 2 aromatic rings. The maximum atomic E-state index is 11.7. The maximum Gasteiger partial charge on any atom is 0.398 e. The molecule has 21 heavy (non-hydrogen) atoms. The topological polar surface area (TPSA) is 113 Å². The fourth-order valence-electron chi connectivity index (χ4n) is 1.51. The minimum atomic E-state index is -1.02. The third kappa shape index (κ3) is 3.93. The molecule has 9 heteroatoms. The summed E-state index contributed by atoms with van der Waals surface area (Å²) in [5.74, 6) is -1.99. The highest BCUT2D eigenvalue weighted by atomic mass is 35.5. The van der Waals surface area contributed by atoms with Crippen molar-refractivity contribution in [2.75, 3.05) is 12.0 Å². The van der Waals surface area contributed by atoms with Crippen LogP contribution < -0.4 is 16.4 Å². The molecule has 0 spiro atoms. The second-order valence-electron chi connectivity index (χ2n) is 3.73. The van der Waals surface area contributed by atoms with Gasteiger partial charge in [-0.25, -0.2) is 9.78 Å². The number of hydrogen-bond acceptors (Lipinski definition) is 6. The van der Waals surface area contributed by atoms with Crippen LogP contribution in [-0.4, -0.2) is 28.5 Å². The Hall–Kier alpha value is -2.61. The summed E-state index contributed by atoms with van der Waals surface area (Å²) in [5, 5.41) is 0.426. The van der Waals surface area contributed by atoms with E-state index in [4.69, 9.17) is 0 Å².